The van der Waals surface area contributed by atoms with Crippen LogP contribution in [0.5, 0.6) is 0 Å². The van der Waals surface area contributed by atoms with Crippen LogP contribution in [0.2, 0.25) is 0 Å². The summed E-state index contributed by atoms with van der Waals surface area (Å²) in [6, 6.07) is 13.8. The quantitative estimate of drug-likeness (QED) is 0.346. The Hall–Kier alpha value is -1.67. The number of nitrogens with one attached hydrogen (secondary N) is 1. The van der Waals surface area contributed by atoms with Gasteiger partial charge in [-0.1, -0.05) is 37.8 Å². The minimum atomic E-state index is -0.248. The fourth-order valence-corrected chi connectivity index (χ4v) is 5.08. The van der Waals surface area contributed by atoms with Crippen molar-refractivity contribution in [1.29, 1.82) is 0 Å². The van der Waals surface area contributed by atoms with Gasteiger partial charge in [0.25, 0.3) is 0 Å². The van der Waals surface area contributed by atoms with E-state index in [1.165, 1.54) is 23.1 Å². The molecular weight excluding hydrogens is 403 g/mol. The number of nitrogens with two attached hydrogens (primary N) is 1. The second-order valence-electron chi connectivity index (χ2n) is 6.94. The average molecular weight is 433 g/mol. The average Bonchev–Trinajstić information content (AvgIpc) is 2.75. The van der Waals surface area contributed by atoms with Crippen LogP contribution in [0.1, 0.15) is 23.6 Å². The molecule has 1 fully saturated rings. The predicted octanol–water partition coefficient (Wildman–Crippen LogP) is 4.48. The molecule has 2 aromatic carbocycles. The molecule has 3 rings (SSSR count). The van der Waals surface area contributed by atoms with Crippen LogP contribution in [-0.2, 0) is 13.1 Å². The molecule has 29 heavy (non-hydrogen) atoms. The van der Waals surface area contributed by atoms with Crippen molar-refractivity contribution in [2.24, 2.45) is 5.84 Å². The molecule has 3 N–H and O–H groups in total. The van der Waals surface area contributed by atoms with E-state index in [1.54, 1.807) is 11.9 Å². The topological polar surface area (TPSA) is 44.5 Å². The number of hydrogen-bond donors (Lipinski definition) is 2. The van der Waals surface area contributed by atoms with Crippen LogP contribution in [0.25, 0.3) is 5.70 Å². The second kappa shape index (κ2) is 10.9. The normalized spacial score (nSPS) is 14.6. The first-order valence-corrected chi connectivity index (χ1v) is 11.9. The smallest absolute Gasteiger partial charge is 0.128 e. The Kier molecular flexibility index (Phi) is 8.29. The highest BCUT2D eigenvalue weighted by molar-refractivity contribution is 8.00. The molecule has 0 aliphatic carbocycles. The van der Waals surface area contributed by atoms with Crippen LogP contribution in [0, 0.1) is 5.82 Å². The Morgan fingerprint density at radius 3 is 2.76 bits per heavy atom. The van der Waals surface area contributed by atoms with Crippen LogP contribution in [0.4, 0.5) is 10.1 Å². The summed E-state index contributed by atoms with van der Waals surface area (Å²) < 4.78 is 16.9. The van der Waals surface area contributed by atoms with E-state index < -0.39 is 0 Å². The molecule has 0 bridgehead atoms. The van der Waals surface area contributed by atoms with Gasteiger partial charge in [0.1, 0.15) is 5.82 Å². The van der Waals surface area contributed by atoms with Crippen molar-refractivity contribution in [2.75, 3.05) is 34.7 Å². The highest BCUT2D eigenvalue weighted by Gasteiger charge is 2.14. The summed E-state index contributed by atoms with van der Waals surface area (Å²) in [4.78, 5) is 2.50. The van der Waals surface area contributed by atoms with Gasteiger partial charge in [-0.05, 0) is 35.7 Å². The van der Waals surface area contributed by atoms with Gasteiger partial charge in [-0.15, -0.1) is 0 Å². The zero-order valence-corrected chi connectivity index (χ0v) is 18.5. The molecule has 156 valence electrons. The minimum absolute atomic E-state index is 0.248. The first-order chi connectivity index (χ1) is 14.1. The van der Waals surface area contributed by atoms with Gasteiger partial charge in [0.05, 0.1) is 6.54 Å². The van der Waals surface area contributed by atoms with E-state index in [2.05, 4.69) is 52.4 Å². The van der Waals surface area contributed by atoms with E-state index in [1.807, 2.05) is 23.9 Å². The molecule has 4 nitrogen and oxygen atoms in total. The van der Waals surface area contributed by atoms with Crippen LogP contribution in [-0.4, -0.2) is 35.2 Å². The lowest BCUT2D eigenvalue weighted by atomic mass is 10.1. The first kappa shape index (κ1) is 22.0. The minimum Gasteiger partial charge on any atom is -0.324 e. The van der Waals surface area contributed by atoms with Crippen molar-refractivity contribution >= 4 is 35.1 Å². The van der Waals surface area contributed by atoms with Crippen molar-refractivity contribution in [3.05, 3.63) is 71.6 Å². The molecule has 1 heterocycles. The van der Waals surface area contributed by atoms with Gasteiger partial charge >= 0.3 is 0 Å². The van der Waals surface area contributed by atoms with E-state index >= 15 is 0 Å². The third-order valence-corrected chi connectivity index (χ3v) is 6.74. The van der Waals surface area contributed by atoms with Crippen molar-refractivity contribution in [2.45, 2.75) is 20.0 Å². The van der Waals surface area contributed by atoms with E-state index in [4.69, 9.17) is 5.84 Å². The maximum absolute atomic E-state index is 14.7. The van der Waals surface area contributed by atoms with Crippen molar-refractivity contribution in [3.8, 4) is 0 Å². The third kappa shape index (κ3) is 6.15. The Labute approximate surface area is 181 Å². The van der Waals surface area contributed by atoms with Crippen LogP contribution >= 0.6 is 23.7 Å². The van der Waals surface area contributed by atoms with Gasteiger partial charge in [0.15, 0.2) is 0 Å². The van der Waals surface area contributed by atoms with Gasteiger partial charge in [0.2, 0.25) is 0 Å². The maximum atomic E-state index is 14.7. The number of nitrogens with zero attached hydrogens (tertiary/aromatic N) is 2. The summed E-state index contributed by atoms with van der Waals surface area (Å²) in [5, 5.41) is 0. The Morgan fingerprint density at radius 2 is 2.07 bits per heavy atom. The zero-order chi connectivity index (χ0) is 20.6. The van der Waals surface area contributed by atoms with E-state index in [0.717, 1.165) is 31.1 Å². The Morgan fingerprint density at radius 1 is 1.28 bits per heavy atom. The zero-order valence-electron chi connectivity index (χ0n) is 16.9. The van der Waals surface area contributed by atoms with Crippen molar-refractivity contribution in [3.63, 3.8) is 0 Å². The molecule has 7 heteroatoms. The van der Waals surface area contributed by atoms with Crippen LogP contribution < -0.4 is 15.6 Å². The lowest BCUT2D eigenvalue weighted by Crippen LogP contribution is -2.32. The highest BCUT2D eigenvalue weighted by atomic mass is 32.2. The SMILES string of the molecule is C=C(NN)c1ccc(CN(SCC)c2cccc(CN3CCSCC3)c2)c(F)c1. The summed E-state index contributed by atoms with van der Waals surface area (Å²) >= 11 is 3.73. The summed E-state index contributed by atoms with van der Waals surface area (Å²) in [7, 11) is 0. The Balaban J connectivity index is 1.75. The predicted molar refractivity (Wildman–Crippen MR) is 126 cm³/mol. The van der Waals surface area contributed by atoms with E-state index in [0.29, 0.717) is 23.4 Å². The third-order valence-electron chi connectivity index (χ3n) is 4.88. The fourth-order valence-electron chi connectivity index (χ4n) is 3.30. The van der Waals surface area contributed by atoms with Crippen LogP contribution in [0.15, 0.2) is 49.0 Å². The van der Waals surface area contributed by atoms with Crippen LogP contribution in [0.3, 0.4) is 0 Å². The molecule has 0 radical (unpaired) electrons. The van der Waals surface area contributed by atoms with Gasteiger partial charge in [-0.2, -0.15) is 11.8 Å². The molecular formula is C22H29FN4S2. The lowest BCUT2D eigenvalue weighted by Gasteiger charge is -2.27. The van der Waals surface area contributed by atoms with Gasteiger partial charge < -0.3 is 9.73 Å². The molecule has 1 aliphatic heterocycles. The highest BCUT2D eigenvalue weighted by Crippen LogP contribution is 2.28. The summed E-state index contributed by atoms with van der Waals surface area (Å²) in [6.45, 7) is 9.65. The molecule has 0 aromatic heterocycles. The number of hydrazine groups is 1. The number of hydrogen-bond acceptors (Lipinski definition) is 6. The van der Waals surface area contributed by atoms with Gasteiger partial charge in [0, 0.05) is 59.4 Å². The first-order valence-electron chi connectivity index (χ1n) is 9.84. The number of benzene rings is 2. The lowest BCUT2D eigenvalue weighted by molar-refractivity contribution is 0.294. The second-order valence-corrected chi connectivity index (χ2v) is 9.44. The number of anilines is 1. The molecule has 1 saturated heterocycles. The standard InChI is InChI=1S/C22H29FN4S2/c1-3-29-27(16-20-8-7-19(14-22(20)23)17(2)25-24)21-6-4-5-18(13-21)15-26-9-11-28-12-10-26/h4-8,13-14,25H,2-3,9-12,15-16,24H2,1H3. The molecule has 0 amide bonds. The number of thioether (sulfide) groups is 1. The molecule has 0 saturated carbocycles. The molecule has 2 aromatic rings. The molecule has 1 aliphatic rings. The van der Waals surface area contributed by atoms with Gasteiger partial charge in [-0.25, -0.2) is 4.39 Å². The van der Waals surface area contributed by atoms with Crippen molar-refractivity contribution < 1.29 is 4.39 Å². The molecule has 0 unspecified atom stereocenters. The largest absolute Gasteiger partial charge is 0.324 e. The van der Waals surface area contributed by atoms with Gasteiger partial charge in [-0.3, -0.25) is 10.7 Å². The summed E-state index contributed by atoms with van der Waals surface area (Å²) in [5.74, 6) is 8.47. The number of halogens is 1. The number of rotatable bonds is 9. The molecule has 0 spiro atoms. The maximum Gasteiger partial charge on any atom is 0.128 e. The fraction of sp³-hybridized carbons (Fsp3) is 0.364. The summed E-state index contributed by atoms with van der Waals surface area (Å²) in [6.07, 6.45) is 0. The van der Waals surface area contributed by atoms with E-state index in [9.17, 15) is 4.39 Å². The van der Waals surface area contributed by atoms with Crippen molar-refractivity contribution in [1.82, 2.24) is 10.3 Å². The Bertz CT molecular complexity index is 824. The summed E-state index contributed by atoms with van der Waals surface area (Å²) in [5.41, 5.74) is 6.69. The van der Waals surface area contributed by atoms with E-state index in [-0.39, 0.29) is 5.82 Å². The monoisotopic (exact) mass is 432 g/mol. The molecule has 0 atom stereocenters.